The Morgan fingerprint density at radius 1 is 1.40 bits per heavy atom. The van der Waals surface area contributed by atoms with E-state index in [1.54, 1.807) is 6.92 Å². The minimum atomic E-state index is -0.983. The van der Waals surface area contributed by atoms with Gasteiger partial charge in [0, 0.05) is 0 Å². The molecular formula is C13H13BrF2O4. The van der Waals surface area contributed by atoms with E-state index in [9.17, 15) is 13.6 Å². The number of esters is 1. The van der Waals surface area contributed by atoms with Crippen molar-refractivity contribution in [3.05, 3.63) is 35.6 Å². The Balaban J connectivity index is 3.04. The molecule has 1 aromatic carbocycles. The van der Waals surface area contributed by atoms with Gasteiger partial charge in [-0.05, 0) is 19.1 Å². The van der Waals surface area contributed by atoms with Gasteiger partial charge in [-0.1, -0.05) is 15.9 Å². The lowest BCUT2D eigenvalue weighted by molar-refractivity contribution is -0.137. The van der Waals surface area contributed by atoms with Crippen LogP contribution in [0.4, 0.5) is 8.78 Å². The average Bonchev–Trinajstić information content (AvgIpc) is 2.42. The van der Waals surface area contributed by atoms with Gasteiger partial charge in [0.1, 0.15) is 5.76 Å². The van der Waals surface area contributed by atoms with Gasteiger partial charge in [-0.15, -0.1) is 0 Å². The summed E-state index contributed by atoms with van der Waals surface area (Å²) in [5, 5.41) is 0.0852. The molecule has 0 saturated heterocycles. The first kappa shape index (κ1) is 16.4. The zero-order chi connectivity index (χ0) is 15.1. The summed E-state index contributed by atoms with van der Waals surface area (Å²) in [6.45, 7) is 1.83. The SMILES string of the molecule is CCOC(=O)C=C(CBr)Oc1c(F)ccc(OC)c1F. The molecule has 0 aliphatic rings. The monoisotopic (exact) mass is 350 g/mol. The number of carbonyl (C=O) groups excluding carboxylic acids is 1. The summed E-state index contributed by atoms with van der Waals surface area (Å²) < 4.78 is 41.9. The van der Waals surface area contributed by atoms with Crippen molar-refractivity contribution in [2.24, 2.45) is 0 Å². The molecule has 1 rings (SSSR count). The lowest BCUT2D eigenvalue weighted by Crippen LogP contribution is -2.07. The molecule has 0 aliphatic heterocycles. The van der Waals surface area contributed by atoms with E-state index in [1.165, 1.54) is 7.11 Å². The van der Waals surface area contributed by atoms with Crippen LogP contribution in [0, 0.1) is 11.6 Å². The normalized spacial score (nSPS) is 11.2. The average molecular weight is 351 g/mol. The summed E-state index contributed by atoms with van der Waals surface area (Å²) in [6, 6.07) is 2.15. The standard InChI is InChI=1S/C13H13BrF2O4/c1-3-19-11(17)6-8(7-14)20-13-9(15)4-5-10(18-2)12(13)16/h4-6H,3,7H2,1-2H3. The first-order valence-electron chi connectivity index (χ1n) is 5.66. The fraction of sp³-hybridized carbons (Fsp3) is 0.308. The summed E-state index contributed by atoms with van der Waals surface area (Å²) in [5.41, 5.74) is 0. The molecule has 0 heterocycles. The van der Waals surface area contributed by atoms with Gasteiger partial charge in [-0.2, -0.15) is 4.39 Å². The second kappa shape index (κ2) is 7.84. The van der Waals surface area contributed by atoms with E-state index < -0.39 is 23.4 Å². The quantitative estimate of drug-likeness (QED) is 0.342. The van der Waals surface area contributed by atoms with Crippen molar-refractivity contribution in [3.63, 3.8) is 0 Å². The first-order chi connectivity index (χ1) is 9.53. The van der Waals surface area contributed by atoms with Gasteiger partial charge in [-0.25, -0.2) is 9.18 Å². The predicted molar refractivity (Wildman–Crippen MR) is 72.0 cm³/mol. The number of halogens is 3. The Bertz CT molecular complexity index is 517. The van der Waals surface area contributed by atoms with Crippen LogP contribution in [0.5, 0.6) is 11.5 Å². The van der Waals surface area contributed by atoms with Crippen LogP contribution in [0.3, 0.4) is 0 Å². The molecule has 0 unspecified atom stereocenters. The zero-order valence-electron chi connectivity index (χ0n) is 10.9. The predicted octanol–water partition coefficient (Wildman–Crippen LogP) is 3.19. The van der Waals surface area contributed by atoms with Crippen molar-refractivity contribution in [1.29, 1.82) is 0 Å². The van der Waals surface area contributed by atoms with Crippen molar-refractivity contribution in [2.45, 2.75) is 6.92 Å². The number of rotatable bonds is 6. The third kappa shape index (κ3) is 4.19. The largest absolute Gasteiger partial charge is 0.494 e. The van der Waals surface area contributed by atoms with E-state index in [0.717, 1.165) is 18.2 Å². The summed E-state index contributed by atoms with van der Waals surface area (Å²) in [4.78, 5) is 11.3. The first-order valence-corrected chi connectivity index (χ1v) is 6.78. The minimum absolute atomic E-state index is 0.00880. The molecule has 1 aromatic rings. The van der Waals surface area contributed by atoms with Crippen LogP contribution >= 0.6 is 15.9 Å². The van der Waals surface area contributed by atoms with Crippen LogP contribution < -0.4 is 9.47 Å². The molecule has 0 radical (unpaired) electrons. The van der Waals surface area contributed by atoms with Crippen molar-refractivity contribution in [3.8, 4) is 11.5 Å². The highest BCUT2D eigenvalue weighted by Gasteiger charge is 2.17. The molecule has 7 heteroatoms. The Hall–Kier alpha value is -1.63. The van der Waals surface area contributed by atoms with Crippen LogP contribution in [0.1, 0.15) is 6.92 Å². The number of benzene rings is 1. The molecule has 0 spiro atoms. The molecule has 0 amide bonds. The van der Waals surface area contributed by atoms with Gasteiger partial charge in [0.2, 0.25) is 11.6 Å². The van der Waals surface area contributed by atoms with E-state index in [2.05, 4.69) is 20.7 Å². The van der Waals surface area contributed by atoms with Crippen molar-refractivity contribution in [1.82, 2.24) is 0 Å². The highest BCUT2D eigenvalue weighted by molar-refractivity contribution is 9.09. The van der Waals surface area contributed by atoms with Crippen molar-refractivity contribution >= 4 is 21.9 Å². The van der Waals surface area contributed by atoms with Crippen molar-refractivity contribution in [2.75, 3.05) is 19.0 Å². The number of carbonyl (C=O) groups is 1. The third-order valence-electron chi connectivity index (χ3n) is 2.16. The van der Waals surface area contributed by atoms with E-state index in [1.807, 2.05) is 0 Å². The maximum atomic E-state index is 13.9. The Morgan fingerprint density at radius 2 is 2.10 bits per heavy atom. The Labute approximate surface area is 123 Å². The third-order valence-corrected chi connectivity index (χ3v) is 2.72. The Kier molecular flexibility index (Phi) is 6.44. The molecule has 0 bridgehead atoms. The fourth-order valence-electron chi connectivity index (χ4n) is 1.31. The number of alkyl halides is 1. The van der Waals surface area contributed by atoms with Crippen LogP contribution in [0.2, 0.25) is 0 Å². The van der Waals surface area contributed by atoms with Gasteiger partial charge in [0.15, 0.2) is 11.6 Å². The van der Waals surface area contributed by atoms with Gasteiger partial charge in [-0.3, -0.25) is 0 Å². The maximum absolute atomic E-state index is 13.9. The highest BCUT2D eigenvalue weighted by Crippen LogP contribution is 2.30. The molecule has 110 valence electrons. The summed E-state index contributed by atoms with van der Waals surface area (Å²) >= 11 is 3.06. The number of allylic oxidation sites excluding steroid dienone is 1. The van der Waals surface area contributed by atoms with Gasteiger partial charge in [0.05, 0.1) is 25.1 Å². The van der Waals surface area contributed by atoms with E-state index >= 15 is 0 Å². The molecule has 20 heavy (non-hydrogen) atoms. The molecule has 0 fully saturated rings. The van der Waals surface area contributed by atoms with Crippen LogP contribution in [0.15, 0.2) is 24.0 Å². The summed E-state index contributed by atoms with van der Waals surface area (Å²) in [6.07, 6.45) is 1.01. The summed E-state index contributed by atoms with van der Waals surface area (Å²) in [5.74, 6) is -3.34. The minimum Gasteiger partial charge on any atom is -0.494 e. The Morgan fingerprint density at radius 3 is 2.65 bits per heavy atom. The van der Waals surface area contributed by atoms with E-state index in [0.29, 0.717) is 0 Å². The zero-order valence-corrected chi connectivity index (χ0v) is 12.5. The topological polar surface area (TPSA) is 44.8 Å². The second-order valence-electron chi connectivity index (χ2n) is 3.49. The maximum Gasteiger partial charge on any atom is 0.334 e. The number of hydrogen-bond donors (Lipinski definition) is 0. The second-order valence-corrected chi connectivity index (χ2v) is 4.05. The van der Waals surface area contributed by atoms with E-state index in [-0.39, 0.29) is 23.4 Å². The highest BCUT2D eigenvalue weighted by atomic mass is 79.9. The van der Waals surface area contributed by atoms with Crippen LogP contribution in [-0.4, -0.2) is 25.0 Å². The van der Waals surface area contributed by atoms with Crippen molar-refractivity contribution < 1.29 is 27.8 Å². The molecule has 4 nitrogen and oxygen atoms in total. The smallest absolute Gasteiger partial charge is 0.334 e. The van der Waals surface area contributed by atoms with Gasteiger partial charge < -0.3 is 14.2 Å². The van der Waals surface area contributed by atoms with Gasteiger partial charge >= 0.3 is 5.97 Å². The number of ether oxygens (including phenoxy) is 3. The molecule has 0 saturated carbocycles. The molecular weight excluding hydrogens is 338 g/mol. The lowest BCUT2D eigenvalue weighted by Gasteiger charge is -2.11. The van der Waals surface area contributed by atoms with E-state index in [4.69, 9.17) is 9.47 Å². The molecule has 0 N–H and O–H groups in total. The fourth-order valence-corrected chi connectivity index (χ4v) is 1.58. The van der Waals surface area contributed by atoms with Gasteiger partial charge in [0.25, 0.3) is 0 Å². The molecule has 0 aliphatic carbocycles. The molecule has 0 atom stereocenters. The number of methoxy groups -OCH3 is 1. The summed E-state index contributed by atoms with van der Waals surface area (Å²) in [7, 11) is 1.25. The number of hydrogen-bond acceptors (Lipinski definition) is 4. The van der Waals surface area contributed by atoms with Crippen LogP contribution in [0.25, 0.3) is 0 Å². The van der Waals surface area contributed by atoms with Crippen LogP contribution in [-0.2, 0) is 9.53 Å². The lowest BCUT2D eigenvalue weighted by atomic mass is 10.3. The molecule has 0 aromatic heterocycles.